The van der Waals surface area contributed by atoms with Gasteiger partial charge in [-0.1, -0.05) is 18.2 Å². The maximum absolute atomic E-state index is 13.1. The molecule has 140 valence electrons. The molecule has 0 fully saturated rings. The van der Waals surface area contributed by atoms with Crippen LogP contribution in [0.15, 0.2) is 54.9 Å². The maximum Gasteiger partial charge on any atom is 0.286 e. The fraction of sp³-hybridized carbons (Fsp3) is 0.150. The van der Waals surface area contributed by atoms with E-state index in [2.05, 4.69) is 15.0 Å². The number of benzene rings is 1. The highest BCUT2D eigenvalue weighted by Crippen LogP contribution is 2.25. The summed E-state index contributed by atoms with van der Waals surface area (Å²) >= 11 is 0. The third-order valence-corrected chi connectivity index (χ3v) is 4.41. The Morgan fingerprint density at radius 3 is 2.68 bits per heavy atom. The molecule has 2 amide bonds. The molecule has 3 aromatic rings. The van der Waals surface area contributed by atoms with Gasteiger partial charge in [0, 0.05) is 18.9 Å². The highest BCUT2D eigenvalue weighted by Gasteiger charge is 2.26. The molecular weight excluding hydrogens is 358 g/mol. The monoisotopic (exact) mass is 375 g/mol. The van der Waals surface area contributed by atoms with Crippen molar-refractivity contribution in [3.05, 3.63) is 77.5 Å². The molecule has 1 aromatic carbocycles. The third kappa shape index (κ3) is 3.52. The van der Waals surface area contributed by atoms with Gasteiger partial charge in [0.2, 0.25) is 11.7 Å². The summed E-state index contributed by atoms with van der Waals surface area (Å²) in [6.07, 6.45) is 3.76. The molecule has 3 heterocycles. The topological polar surface area (TPSA) is 111 Å². The molecule has 8 heteroatoms. The molecular formula is C20H17N5O3. The number of fused-ring (bicyclic) bond motifs is 1. The number of rotatable bonds is 4. The van der Waals surface area contributed by atoms with Crippen molar-refractivity contribution in [1.29, 1.82) is 0 Å². The Morgan fingerprint density at radius 2 is 1.89 bits per heavy atom. The number of primary amides is 1. The predicted octanol–water partition coefficient (Wildman–Crippen LogP) is 1.96. The molecule has 0 saturated heterocycles. The minimum Gasteiger partial charge on any atom is -0.438 e. The van der Waals surface area contributed by atoms with Gasteiger partial charge in [-0.2, -0.15) is 0 Å². The number of aromatic nitrogens is 3. The molecule has 0 spiro atoms. The highest BCUT2D eigenvalue weighted by molar-refractivity contribution is 5.96. The van der Waals surface area contributed by atoms with Gasteiger partial charge in [-0.25, -0.2) is 15.0 Å². The van der Waals surface area contributed by atoms with Crippen LogP contribution in [-0.2, 0) is 13.0 Å². The van der Waals surface area contributed by atoms with Crippen LogP contribution in [0.3, 0.4) is 0 Å². The predicted molar refractivity (Wildman–Crippen MR) is 99.7 cm³/mol. The van der Waals surface area contributed by atoms with Crippen molar-refractivity contribution in [2.45, 2.75) is 13.0 Å². The summed E-state index contributed by atoms with van der Waals surface area (Å²) in [6.45, 7) is 0.765. The first-order valence-corrected chi connectivity index (χ1v) is 8.73. The molecule has 4 rings (SSSR count). The van der Waals surface area contributed by atoms with Gasteiger partial charge in [0.1, 0.15) is 11.3 Å². The second kappa shape index (κ2) is 7.43. The largest absolute Gasteiger partial charge is 0.438 e. The lowest BCUT2D eigenvalue weighted by molar-refractivity contribution is 0.0728. The second-order valence-electron chi connectivity index (χ2n) is 6.28. The normalized spacial score (nSPS) is 12.9. The lowest BCUT2D eigenvalue weighted by Crippen LogP contribution is -2.37. The number of hydrogen-bond acceptors (Lipinski definition) is 6. The zero-order chi connectivity index (χ0) is 19.5. The van der Waals surface area contributed by atoms with Crippen LogP contribution >= 0.6 is 0 Å². The molecule has 0 aliphatic carbocycles. The lowest BCUT2D eigenvalue weighted by atomic mass is 10.1. The second-order valence-corrected chi connectivity index (χ2v) is 6.28. The lowest BCUT2D eigenvalue weighted by Gasteiger charge is -2.28. The van der Waals surface area contributed by atoms with E-state index in [0.29, 0.717) is 30.0 Å². The zero-order valence-electron chi connectivity index (χ0n) is 14.9. The number of ether oxygens (including phenoxy) is 1. The van der Waals surface area contributed by atoms with Crippen molar-refractivity contribution < 1.29 is 14.3 Å². The number of para-hydroxylation sites is 1. The van der Waals surface area contributed by atoms with Crippen LogP contribution in [0.25, 0.3) is 0 Å². The van der Waals surface area contributed by atoms with E-state index < -0.39 is 5.91 Å². The number of hydrogen-bond donors (Lipinski definition) is 1. The molecule has 0 bridgehead atoms. The molecule has 28 heavy (non-hydrogen) atoms. The summed E-state index contributed by atoms with van der Waals surface area (Å²) in [6, 6.07) is 12.5. The van der Waals surface area contributed by atoms with E-state index in [9.17, 15) is 9.59 Å². The van der Waals surface area contributed by atoms with Crippen LogP contribution in [0.1, 0.15) is 32.2 Å². The van der Waals surface area contributed by atoms with Gasteiger partial charge in [0.15, 0.2) is 0 Å². The van der Waals surface area contributed by atoms with Crippen molar-refractivity contribution >= 4 is 11.8 Å². The molecule has 1 aliphatic rings. The maximum atomic E-state index is 13.1. The van der Waals surface area contributed by atoms with E-state index in [1.807, 2.05) is 18.2 Å². The van der Waals surface area contributed by atoms with Crippen LogP contribution in [0.5, 0.6) is 11.6 Å². The quantitative estimate of drug-likeness (QED) is 0.746. The fourth-order valence-electron chi connectivity index (χ4n) is 3.00. The van der Waals surface area contributed by atoms with Crippen molar-refractivity contribution in [3.63, 3.8) is 0 Å². The fourth-order valence-corrected chi connectivity index (χ4v) is 3.00. The van der Waals surface area contributed by atoms with E-state index in [1.54, 1.807) is 41.6 Å². The number of nitrogens with two attached hydrogens (primary N) is 1. The zero-order valence-corrected chi connectivity index (χ0v) is 14.9. The van der Waals surface area contributed by atoms with Crippen molar-refractivity contribution in [2.24, 2.45) is 5.73 Å². The SMILES string of the molecule is NC(=O)c1ncc2c(n1)CN(C(=O)c1cccnc1Oc1ccccc1)CC2. The van der Waals surface area contributed by atoms with Gasteiger partial charge in [-0.3, -0.25) is 9.59 Å². The summed E-state index contributed by atoms with van der Waals surface area (Å²) in [4.78, 5) is 38.5. The van der Waals surface area contributed by atoms with E-state index in [0.717, 1.165) is 5.56 Å². The van der Waals surface area contributed by atoms with Gasteiger partial charge in [-0.05, 0) is 36.2 Å². The molecule has 0 radical (unpaired) electrons. The van der Waals surface area contributed by atoms with Gasteiger partial charge >= 0.3 is 0 Å². The molecule has 0 unspecified atom stereocenters. The number of nitrogens with zero attached hydrogens (tertiary/aromatic N) is 4. The number of carbonyl (C=O) groups excluding carboxylic acids is 2. The molecule has 0 saturated carbocycles. The summed E-state index contributed by atoms with van der Waals surface area (Å²) in [5.74, 6) is -0.133. The standard InChI is InChI=1S/C20H17N5O3/c21-17(26)18-23-11-13-8-10-25(12-16(13)24-18)20(27)15-7-4-9-22-19(15)28-14-5-2-1-3-6-14/h1-7,9,11H,8,10,12H2,(H2,21,26). The average molecular weight is 375 g/mol. The van der Waals surface area contributed by atoms with Crippen molar-refractivity contribution in [1.82, 2.24) is 19.9 Å². The van der Waals surface area contributed by atoms with Crippen LogP contribution in [0.2, 0.25) is 0 Å². The van der Waals surface area contributed by atoms with Gasteiger partial charge in [0.05, 0.1) is 12.2 Å². The summed E-state index contributed by atoms with van der Waals surface area (Å²) < 4.78 is 5.80. The average Bonchev–Trinajstić information content (AvgIpc) is 2.73. The molecule has 2 N–H and O–H groups in total. The van der Waals surface area contributed by atoms with Crippen LogP contribution in [0, 0.1) is 0 Å². The molecule has 2 aromatic heterocycles. The van der Waals surface area contributed by atoms with Crippen LogP contribution in [0.4, 0.5) is 0 Å². The first-order valence-electron chi connectivity index (χ1n) is 8.73. The number of amides is 2. The van der Waals surface area contributed by atoms with E-state index in [4.69, 9.17) is 10.5 Å². The molecule has 0 atom stereocenters. The summed E-state index contributed by atoms with van der Waals surface area (Å²) in [5, 5.41) is 0. The molecule has 8 nitrogen and oxygen atoms in total. The van der Waals surface area contributed by atoms with E-state index in [1.165, 1.54) is 0 Å². The Morgan fingerprint density at radius 1 is 1.07 bits per heavy atom. The minimum atomic E-state index is -0.697. The van der Waals surface area contributed by atoms with Crippen molar-refractivity contribution in [2.75, 3.05) is 6.54 Å². The Balaban J connectivity index is 1.59. The Hall–Kier alpha value is -3.81. The van der Waals surface area contributed by atoms with Gasteiger partial charge in [0.25, 0.3) is 11.8 Å². The smallest absolute Gasteiger partial charge is 0.286 e. The van der Waals surface area contributed by atoms with Gasteiger partial charge in [-0.15, -0.1) is 0 Å². The minimum absolute atomic E-state index is 0.0532. The number of pyridine rings is 1. The van der Waals surface area contributed by atoms with Crippen LogP contribution < -0.4 is 10.5 Å². The van der Waals surface area contributed by atoms with Gasteiger partial charge < -0.3 is 15.4 Å². The van der Waals surface area contributed by atoms with Crippen molar-refractivity contribution in [3.8, 4) is 11.6 Å². The molecule has 1 aliphatic heterocycles. The first-order chi connectivity index (χ1) is 13.6. The summed E-state index contributed by atoms with van der Waals surface area (Å²) in [7, 11) is 0. The third-order valence-electron chi connectivity index (χ3n) is 4.41. The number of carbonyl (C=O) groups is 2. The highest BCUT2D eigenvalue weighted by atomic mass is 16.5. The van der Waals surface area contributed by atoms with E-state index >= 15 is 0 Å². The Kier molecular flexibility index (Phi) is 4.67. The van der Waals surface area contributed by atoms with Crippen LogP contribution in [-0.4, -0.2) is 38.2 Å². The van der Waals surface area contributed by atoms with E-state index in [-0.39, 0.29) is 24.2 Å². The summed E-state index contributed by atoms with van der Waals surface area (Å²) in [5.41, 5.74) is 7.14. The first kappa shape index (κ1) is 17.6. The Bertz CT molecular complexity index is 1040. The Labute approximate surface area is 161 Å².